The van der Waals surface area contributed by atoms with Crippen molar-refractivity contribution in [2.75, 3.05) is 37.7 Å². The summed E-state index contributed by atoms with van der Waals surface area (Å²) in [5.74, 6) is 0.214. The molecule has 1 N–H and O–H groups in total. The van der Waals surface area contributed by atoms with Crippen LogP contribution < -0.4 is 10.2 Å². The lowest BCUT2D eigenvalue weighted by Crippen LogP contribution is -2.47. The van der Waals surface area contributed by atoms with E-state index in [1.54, 1.807) is 31.4 Å². The summed E-state index contributed by atoms with van der Waals surface area (Å²) in [7, 11) is 0. The number of benzene rings is 3. The molecule has 2 aliphatic rings. The molecule has 298 valence electrons. The number of ether oxygens (including phenoxy) is 2. The third kappa shape index (κ3) is 8.96. The Morgan fingerprint density at radius 3 is 2.23 bits per heavy atom. The zero-order valence-corrected chi connectivity index (χ0v) is 32.5. The number of rotatable bonds is 9. The second-order valence-electron chi connectivity index (χ2n) is 15.2. The van der Waals surface area contributed by atoms with Gasteiger partial charge in [-0.2, -0.15) is 13.2 Å². The molecule has 4 heterocycles. The molecule has 2 aliphatic heterocycles. The maximum absolute atomic E-state index is 14.1. The van der Waals surface area contributed by atoms with E-state index in [0.29, 0.717) is 85.5 Å². The molecule has 2 saturated heterocycles. The SMILES string of the molecule is Cc1c(Cc2c(CNC(=O)[C@@H]3CCCN3C(=O)OC(C)(C)C)nc3c(N=C(c4ccccc4)c4ccccc4)cc(N4CCOCC4)nn23)cccc1C(F)(F)F. The van der Waals surface area contributed by atoms with Crippen LogP contribution in [0.5, 0.6) is 0 Å². The fourth-order valence-electron chi connectivity index (χ4n) is 7.27. The van der Waals surface area contributed by atoms with Gasteiger partial charge in [-0.3, -0.25) is 9.69 Å². The molecule has 0 aliphatic carbocycles. The number of carbonyl (C=O) groups is 2. The maximum Gasteiger partial charge on any atom is 0.416 e. The van der Waals surface area contributed by atoms with E-state index >= 15 is 0 Å². The molecule has 0 spiro atoms. The molecule has 2 amide bonds. The molecule has 0 saturated carbocycles. The Labute approximate surface area is 329 Å². The van der Waals surface area contributed by atoms with Gasteiger partial charge in [0.2, 0.25) is 5.91 Å². The number of hydrogen-bond donors (Lipinski definition) is 1. The minimum Gasteiger partial charge on any atom is -0.444 e. The summed E-state index contributed by atoms with van der Waals surface area (Å²) in [5.41, 5.74) is 3.26. The van der Waals surface area contributed by atoms with Gasteiger partial charge in [0.1, 0.15) is 17.3 Å². The fraction of sp³-hybridized carbons (Fsp3) is 0.372. The monoisotopic (exact) mass is 781 g/mol. The van der Waals surface area contributed by atoms with Gasteiger partial charge in [-0.15, -0.1) is 5.10 Å². The van der Waals surface area contributed by atoms with Crippen molar-refractivity contribution < 1.29 is 32.2 Å². The lowest BCUT2D eigenvalue weighted by molar-refractivity contribution is -0.138. The first-order chi connectivity index (χ1) is 27.3. The predicted octanol–water partition coefficient (Wildman–Crippen LogP) is 7.67. The molecule has 57 heavy (non-hydrogen) atoms. The van der Waals surface area contributed by atoms with Gasteiger partial charge in [0.05, 0.1) is 42.4 Å². The van der Waals surface area contributed by atoms with Crippen LogP contribution in [0.25, 0.3) is 5.65 Å². The number of amides is 2. The Kier molecular flexibility index (Phi) is 11.3. The minimum absolute atomic E-state index is 0.0303. The van der Waals surface area contributed by atoms with Crippen LogP contribution in [0.4, 0.5) is 29.5 Å². The van der Waals surface area contributed by atoms with Crippen LogP contribution in [0.15, 0.2) is 89.9 Å². The standard InChI is InChI=1S/C43H46F3N7O4/c1-28-31(17-11-18-32(28)43(44,45)46)25-36-34(27-47-40(54)35-19-12-20-52(35)41(55)57-42(2,3)4)49-39-33(26-37(50-53(36)39)51-21-23-56-24-22-51)48-38(29-13-7-5-8-14-29)30-15-9-6-10-16-30/h5-11,13-18,26,35H,12,19-25,27H2,1-4H3,(H,47,54)/t35-/m0/s1. The molecule has 5 aromatic rings. The lowest BCUT2D eigenvalue weighted by atomic mass is 9.98. The van der Waals surface area contributed by atoms with Crippen LogP contribution >= 0.6 is 0 Å². The number of halogens is 3. The summed E-state index contributed by atoms with van der Waals surface area (Å²) >= 11 is 0. The first-order valence-corrected chi connectivity index (χ1v) is 19.1. The average molecular weight is 782 g/mol. The number of nitrogens with one attached hydrogen (secondary N) is 1. The molecule has 0 unspecified atom stereocenters. The van der Waals surface area contributed by atoms with Gasteiger partial charge in [0, 0.05) is 43.2 Å². The van der Waals surface area contributed by atoms with Crippen molar-refractivity contribution in [1.82, 2.24) is 24.8 Å². The molecule has 0 bridgehead atoms. The quantitative estimate of drug-likeness (QED) is 0.153. The lowest BCUT2D eigenvalue weighted by Gasteiger charge is -2.28. The number of imidazole rings is 1. The molecule has 3 aromatic carbocycles. The highest BCUT2D eigenvalue weighted by Crippen LogP contribution is 2.35. The summed E-state index contributed by atoms with van der Waals surface area (Å²) in [6, 6.07) is 24.8. The number of fused-ring (bicyclic) bond motifs is 1. The Bertz CT molecular complexity index is 2220. The molecule has 0 radical (unpaired) electrons. The van der Waals surface area contributed by atoms with Crippen LogP contribution in [0, 0.1) is 6.92 Å². The zero-order valence-electron chi connectivity index (χ0n) is 32.5. The van der Waals surface area contributed by atoms with Gasteiger partial charge in [-0.1, -0.05) is 72.8 Å². The molecule has 11 nitrogen and oxygen atoms in total. The summed E-state index contributed by atoms with van der Waals surface area (Å²) in [6.07, 6.45) is -4.00. The second kappa shape index (κ2) is 16.4. The van der Waals surface area contributed by atoms with Crippen molar-refractivity contribution >= 4 is 34.9 Å². The molecule has 2 fully saturated rings. The van der Waals surface area contributed by atoms with E-state index in [1.165, 1.54) is 17.9 Å². The molecule has 1 atom stereocenters. The molecular formula is C43H46F3N7O4. The summed E-state index contributed by atoms with van der Waals surface area (Å²) < 4.78 is 55.3. The minimum atomic E-state index is -4.55. The smallest absolute Gasteiger partial charge is 0.416 e. The molecule has 2 aromatic heterocycles. The number of hydrogen-bond acceptors (Lipinski definition) is 8. The van der Waals surface area contributed by atoms with Crippen LogP contribution in [0.1, 0.15) is 72.8 Å². The van der Waals surface area contributed by atoms with Crippen molar-refractivity contribution in [1.29, 1.82) is 0 Å². The van der Waals surface area contributed by atoms with Gasteiger partial charge >= 0.3 is 12.3 Å². The Balaban J connectivity index is 1.37. The van der Waals surface area contributed by atoms with E-state index in [4.69, 9.17) is 24.5 Å². The van der Waals surface area contributed by atoms with E-state index in [0.717, 1.165) is 17.2 Å². The topological polar surface area (TPSA) is 114 Å². The highest BCUT2D eigenvalue weighted by Gasteiger charge is 2.37. The average Bonchev–Trinajstić information content (AvgIpc) is 3.82. The van der Waals surface area contributed by atoms with E-state index in [-0.39, 0.29) is 24.4 Å². The number of carbonyl (C=O) groups excluding carboxylic acids is 2. The van der Waals surface area contributed by atoms with Crippen molar-refractivity contribution in [3.63, 3.8) is 0 Å². The number of aromatic nitrogens is 3. The Morgan fingerprint density at radius 1 is 0.930 bits per heavy atom. The van der Waals surface area contributed by atoms with Crippen molar-refractivity contribution in [3.05, 3.63) is 124 Å². The van der Waals surface area contributed by atoms with Crippen molar-refractivity contribution in [2.45, 2.75) is 71.3 Å². The first-order valence-electron chi connectivity index (χ1n) is 19.1. The fourth-order valence-corrected chi connectivity index (χ4v) is 7.27. The second-order valence-corrected chi connectivity index (χ2v) is 15.2. The number of likely N-dealkylation sites (tertiary alicyclic amines) is 1. The molecular weight excluding hydrogens is 736 g/mol. The van der Waals surface area contributed by atoms with E-state index in [1.807, 2.05) is 66.7 Å². The number of morpholine rings is 1. The van der Waals surface area contributed by atoms with Crippen LogP contribution in [0.2, 0.25) is 0 Å². The number of nitrogens with zero attached hydrogens (tertiary/aromatic N) is 6. The number of aliphatic imine (C=N–C) groups is 1. The van der Waals surface area contributed by atoms with E-state index < -0.39 is 29.5 Å². The summed E-state index contributed by atoms with van der Waals surface area (Å²) in [6.45, 7) is 9.21. The number of anilines is 1. The highest BCUT2D eigenvalue weighted by atomic mass is 19.4. The van der Waals surface area contributed by atoms with Gasteiger partial charge in [0.25, 0.3) is 0 Å². The van der Waals surface area contributed by atoms with E-state index in [9.17, 15) is 22.8 Å². The third-order valence-electron chi connectivity index (χ3n) is 10.1. The van der Waals surface area contributed by atoms with Gasteiger partial charge in [-0.25, -0.2) is 19.3 Å². The van der Waals surface area contributed by atoms with Gasteiger partial charge in [0.15, 0.2) is 11.5 Å². The predicted molar refractivity (Wildman–Crippen MR) is 211 cm³/mol. The molecule has 7 rings (SSSR count). The van der Waals surface area contributed by atoms with E-state index in [2.05, 4.69) is 10.2 Å². The third-order valence-corrected chi connectivity index (χ3v) is 10.1. The van der Waals surface area contributed by atoms with Crippen LogP contribution in [-0.2, 0) is 33.4 Å². The first kappa shape index (κ1) is 39.5. The zero-order chi connectivity index (χ0) is 40.3. The van der Waals surface area contributed by atoms with Crippen molar-refractivity contribution in [2.24, 2.45) is 4.99 Å². The normalized spacial score (nSPS) is 16.2. The Morgan fingerprint density at radius 2 is 1.60 bits per heavy atom. The Hall–Kier alpha value is -5.76. The summed E-state index contributed by atoms with van der Waals surface area (Å²) in [4.78, 5) is 40.7. The van der Waals surface area contributed by atoms with Gasteiger partial charge in [-0.05, 0) is 57.7 Å². The largest absolute Gasteiger partial charge is 0.444 e. The summed E-state index contributed by atoms with van der Waals surface area (Å²) in [5, 5.41) is 8.04. The number of alkyl halides is 3. The van der Waals surface area contributed by atoms with Crippen LogP contribution in [0.3, 0.4) is 0 Å². The van der Waals surface area contributed by atoms with Gasteiger partial charge < -0.3 is 19.7 Å². The highest BCUT2D eigenvalue weighted by molar-refractivity contribution is 6.14. The molecule has 14 heteroatoms. The maximum atomic E-state index is 14.1. The van der Waals surface area contributed by atoms with Crippen LogP contribution in [-0.4, -0.2) is 81.7 Å². The van der Waals surface area contributed by atoms with Crippen molar-refractivity contribution in [3.8, 4) is 0 Å².